The SMILES string of the molecule is CN(CC(=O)O)C(=O)c1cccc(S(=O)(=O)c2ccc(CCNC[C@H](O)c3cccc(Cl)c3)cc2)c1. The molecule has 0 radical (unpaired) electrons. The van der Waals surface area contributed by atoms with E-state index in [1.807, 2.05) is 0 Å². The van der Waals surface area contributed by atoms with Gasteiger partial charge in [-0.2, -0.15) is 0 Å². The van der Waals surface area contributed by atoms with Crippen molar-refractivity contribution in [1.82, 2.24) is 10.2 Å². The lowest BCUT2D eigenvalue weighted by atomic mass is 10.1. The summed E-state index contributed by atoms with van der Waals surface area (Å²) in [5.74, 6) is -1.75. The van der Waals surface area contributed by atoms with Gasteiger partial charge in [0.15, 0.2) is 0 Å². The van der Waals surface area contributed by atoms with Gasteiger partial charge in [0.1, 0.15) is 6.54 Å². The zero-order valence-corrected chi connectivity index (χ0v) is 21.2. The molecule has 0 spiro atoms. The van der Waals surface area contributed by atoms with Gasteiger partial charge in [0.25, 0.3) is 5.91 Å². The first-order chi connectivity index (χ1) is 17.1. The Labute approximate surface area is 215 Å². The van der Waals surface area contributed by atoms with Crippen molar-refractivity contribution >= 4 is 33.3 Å². The standard InChI is InChI=1S/C26H27ClN2O6S/c1-29(17-25(31)32)26(33)20-5-3-7-23(15-20)36(34,35)22-10-8-18(9-11-22)12-13-28-16-24(30)19-4-2-6-21(27)14-19/h2-11,14-15,24,28,30H,12-13,16-17H2,1H3,(H,31,32)/t24-/m0/s1. The van der Waals surface area contributed by atoms with Crippen molar-refractivity contribution in [2.45, 2.75) is 22.3 Å². The molecule has 3 aromatic carbocycles. The zero-order valence-electron chi connectivity index (χ0n) is 19.6. The van der Waals surface area contributed by atoms with E-state index in [0.717, 1.165) is 16.0 Å². The predicted octanol–water partition coefficient (Wildman–Crippen LogP) is 3.20. The number of aliphatic hydroxyl groups is 1. The number of carbonyl (C=O) groups is 2. The van der Waals surface area contributed by atoms with E-state index in [1.54, 1.807) is 36.4 Å². The fourth-order valence-corrected chi connectivity index (χ4v) is 5.07. The Kier molecular flexibility index (Phi) is 9.22. The van der Waals surface area contributed by atoms with E-state index in [2.05, 4.69) is 5.32 Å². The van der Waals surface area contributed by atoms with Crippen LogP contribution in [0.1, 0.15) is 27.6 Å². The van der Waals surface area contributed by atoms with Crippen molar-refractivity contribution in [1.29, 1.82) is 0 Å². The van der Waals surface area contributed by atoms with Gasteiger partial charge in [-0.15, -0.1) is 0 Å². The van der Waals surface area contributed by atoms with Crippen molar-refractivity contribution in [2.75, 3.05) is 26.7 Å². The highest BCUT2D eigenvalue weighted by molar-refractivity contribution is 7.91. The van der Waals surface area contributed by atoms with E-state index in [4.69, 9.17) is 16.7 Å². The number of rotatable bonds is 11. The van der Waals surface area contributed by atoms with Gasteiger partial charge in [0, 0.05) is 24.2 Å². The number of halogens is 1. The van der Waals surface area contributed by atoms with Crippen LogP contribution >= 0.6 is 11.6 Å². The minimum absolute atomic E-state index is 0.0542. The van der Waals surface area contributed by atoms with Gasteiger partial charge < -0.3 is 20.4 Å². The van der Waals surface area contributed by atoms with E-state index < -0.39 is 34.4 Å². The molecule has 0 unspecified atom stereocenters. The lowest BCUT2D eigenvalue weighted by molar-refractivity contribution is -0.137. The van der Waals surface area contributed by atoms with Crippen LogP contribution in [-0.2, 0) is 21.1 Å². The van der Waals surface area contributed by atoms with Crippen molar-refractivity contribution in [3.8, 4) is 0 Å². The van der Waals surface area contributed by atoms with Crippen LogP contribution in [0.15, 0.2) is 82.6 Å². The topological polar surface area (TPSA) is 124 Å². The van der Waals surface area contributed by atoms with Crippen LogP contribution in [0, 0.1) is 0 Å². The highest BCUT2D eigenvalue weighted by atomic mass is 35.5. The number of carboxylic acid groups (broad SMARTS) is 1. The van der Waals surface area contributed by atoms with Gasteiger partial charge >= 0.3 is 5.97 Å². The summed E-state index contributed by atoms with van der Waals surface area (Å²) in [6, 6.07) is 19.0. The molecule has 0 aromatic heterocycles. The summed E-state index contributed by atoms with van der Waals surface area (Å²) in [6.45, 7) is 0.437. The largest absolute Gasteiger partial charge is 0.480 e. The molecule has 3 aromatic rings. The van der Waals surface area contributed by atoms with Gasteiger partial charge in [-0.3, -0.25) is 9.59 Å². The highest BCUT2D eigenvalue weighted by Gasteiger charge is 2.21. The third-order valence-electron chi connectivity index (χ3n) is 5.51. The van der Waals surface area contributed by atoms with Gasteiger partial charge in [0.2, 0.25) is 9.84 Å². The molecular weight excluding hydrogens is 504 g/mol. The summed E-state index contributed by atoms with van der Waals surface area (Å²) >= 11 is 5.95. The Morgan fingerprint density at radius 2 is 1.69 bits per heavy atom. The second-order valence-electron chi connectivity index (χ2n) is 8.26. The normalized spacial score (nSPS) is 12.2. The molecule has 0 bridgehead atoms. The Bertz CT molecular complexity index is 1330. The van der Waals surface area contributed by atoms with Crippen molar-refractivity contribution in [3.63, 3.8) is 0 Å². The molecule has 1 amide bonds. The third-order valence-corrected chi connectivity index (χ3v) is 7.51. The van der Waals surface area contributed by atoms with E-state index >= 15 is 0 Å². The van der Waals surface area contributed by atoms with Gasteiger partial charge in [-0.25, -0.2) is 8.42 Å². The highest BCUT2D eigenvalue weighted by Crippen LogP contribution is 2.23. The van der Waals surface area contributed by atoms with E-state index in [9.17, 15) is 23.1 Å². The summed E-state index contributed by atoms with van der Waals surface area (Å²) in [6.07, 6.45) is -0.0644. The van der Waals surface area contributed by atoms with Crippen LogP contribution in [0.3, 0.4) is 0 Å². The van der Waals surface area contributed by atoms with E-state index in [-0.39, 0.29) is 15.4 Å². The molecule has 0 saturated carbocycles. The number of hydrogen-bond donors (Lipinski definition) is 3. The van der Waals surface area contributed by atoms with Gasteiger partial charge in [0.05, 0.1) is 15.9 Å². The number of aliphatic hydroxyl groups excluding tert-OH is 1. The fraction of sp³-hybridized carbons (Fsp3) is 0.231. The average Bonchev–Trinajstić information content (AvgIpc) is 2.86. The molecule has 0 aliphatic rings. The maximum Gasteiger partial charge on any atom is 0.323 e. The number of nitrogens with one attached hydrogen (secondary N) is 1. The monoisotopic (exact) mass is 530 g/mol. The number of amides is 1. The molecule has 8 nitrogen and oxygen atoms in total. The molecule has 190 valence electrons. The van der Waals surface area contributed by atoms with Gasteiger partial charge in [-0.05, 0) is 66.6 Å². The number of carboxylic acids is 1. The lowest BCUT2D eigenvalue weighted by Crippen LogP contribution is -2.32. The molecule has 1 atom stereocenters. The molecule has 0 aliphatic heterocycles. The average molecular weight is 531 g/mol. The number of hydrogen-bond acceptors (Lipinski definition) is 6. The molecule has 0 saturated heterocycles. The van der Waals surface area contributed by atoms with E-state index in [0.29, 0.717) is 24.5 Å². The van der Waals surface area contributed by atoms with Crippen molar-refractivity contribution in [3.05, 3.63) is 94.5 Å². The summed E-state index contributed by atoms with van der Waals surface area (Å²) in [5, 5.41) is 22.9. The summed E-state index contributed by atoms with van der Waals surface area (Å²) < 4.78 is 26.2. The van der Waals surface area contributed by atoms with Crippen LogP contribution in [0.25, 0.3) is 0 Å². The van der Waals surface area contributed by atoms with Crippen LogP contribution < -0.4 is 5.32 Å². The minimum atomic E-state index is -3.88. The second-order valence-corrected chi connectivity index (χ2v) is 10.6. The lowest BCUT2D eigenvalue weighted by Gasteiger charge is -2.15. The van der Waals surface area contributed by atoms with Crippen LogP contribution in [0.5, 0.6) is 0 Å². The Hall–Kier alpha value is -3.24. The molecule has 0 heterocycles. The number of benzene rings is 3. The third kappa shape index (κ3) is 7.14. The molecule has 3 rings (SSSR count). The first-order valence-corrected chi connectivity index (χ1v) is 13.0. The molecular formula is C26H27ClN2O6S. The number of sulfone groups is 1. The predicted molar refractivity (Wildman–Crippen MR) is 136 cm³/mol. The van der Waals surface area contributed by atoms with Crippen LogP contribution in [0.4, 0.5) is 0 Å². The van der Waals surface area contributed by atoms with Crippen molar-refractivity contribution < 1.29 is 28.2 Å². The second kappa shape index (κ2) is 12.1. The number of carbonyl (C=O) groups excluding carboxylic acids is 1. The molecule has 3 N–H and O–H groups in total. The first kappa shape index (κ1) is 27.3. The molecule has 36 heavy (non-hydrogen) atoms. The maximum absolute atomic E-state index is 13.1. The Balaban J connectivity index is 1.60. The maximum atomic E-state index is 13.1. The van der Waals surface area contributed by atoms with E-state index in [1.165, 1.54) is 43.4 Å². The molecule has 10 heteroatoms. The van der Waals surface area contributed by atoms with Gasteiger partial charge in [-0.1, -0.05) is 41.9 Å². The number of likely N-dealkylation sites (N-methyl/N-ethyl adjacent to an activating group) is 1. The zero-order chi connectivity index (χ0) is 26.3. The molecule has 0 aliphatic carbocycles. The molecule has 0 fully saturated rings. The first-order valence-electron chi connectivity index (χ1n) is 11.1. The Morgan fingerprint density at radius 3 is 2.36 bits per heavy atom. The quantitative estimate of drug-likeness (QED) is 0.325. The number of nitrogens with zero attached hydrogens (tertiary/aromatic N) is 1. The number of aliphatic carboxylic acids is 1. The summed E-state index contributed by atoms with van der Waals surface area (Å²) in [4.78, 5) is 24.3. The van der Waals surface area contributed by atoms with Crippen LogP contribution in [-0.4, -0.2) is 62.1 Å². The summed E-state index contributed by atoms with van der Waals surface area (Å²) in [7, 11) is -2.54. The minimum Gasteiger partial charge on any atom is -0.480 e. The van der Waals surface area contributed by atoms with Crippen LogP contribution in [0.2, 0.25) is 5.02 Å². The Morgan fingerprint density at radius 1 is 1.00 bits per heavy atom. The van der Waals surface area contributed by atoms with Crippen molar-refractivity contribution in [2.24, 2.45) is 0 Å². The summed E-state index contributed by atoms with van der Waals surface area (Å²) in [5.41, 5.74) is 1.73. The smallest absolute Gasteiger partial charge is 0.323 e. The fourth-order valence-electron chi connectivity index (χ4n) is 3.57.